The summed E-state index contributed by atoms with van der Waals surface area (Å²) in [7, 11) is 0. The van der Waals surface area contributed by atoms with Gasteiger partial charge in [0.2, 0.25) is 11.8 Å². The van der Waals surface area contributed by atoms with Crippen molar-refractivity contribution in [1.29, 1.82) is 0 Å². The molecule has 0 spiro atoms. The highest BCUT2D eigenvalue weighted by molar-refractivity contribution is 5.91. The second-order valence-electron chi connectivity index (χ2n) is 7.01. The van der Waals surface area contributed by atoms with Crippen molar-refractivity contribution in [2.45, 2.75) is 38.1 Å². The Bertz CT molecular complexity index is 720. The van der Waals surface area contributed by atoms with E-state index in [1.54, 1.807) is 12.2 Å². The monoisotopic (exact) mass is 339 g/mol. The third kappa shape index (κ3) is 3.76. The molecule has 0 unspecified atom stereocenters. The SMILES string of the molecule is O=C(/C=C/c1nc2ccccc2o1)N1CCC(N2CCCCC2)CC1. The molecule has 0 atom stereocenters. The molecule has 1 amide bonds. The summed E-state index contributed by atoms with van der Waals surface area (Å²) in [6.07, 6.45) is 9.46. The third-order valence-corrected chi connectivity index (χ3v) is 5.36. The molecule has 3 heterocycles. The van der Waals surface area contributed by atoms with E-state index < -0.39 is 0 Å². The van der Waals surface area contributed by atoms with Crippen LogP contribution in [0, 0.1) is 0 Å². The Morgan fingerprint density at radius 1 is 1.08 bits per heavy atom. The van der Waals surface area contributed by atoms with Crippen molar-refractivity contribution < 1.29 is 9.21 Å². The van der Waals surface area contributed by atoms with Crippen LogP contribution in [0.1, 0.15) is 38.0 Å². The first-order valence-electron chi connectivity index (χ1n) is 9.36. The van der Waals surface area contributed by atoms with Crippen LogP contribution in [0.4, 0.5) is 0 Å². The number of amides is 1. The zero-order valence-electron chi connectivity index (χ0n) is 14.6. The molecule has 0 N–H and O–H groups in total. The Hall–Kier alpha value is -2.14. The van der Waals surface area contributed by atoms with E-state index >= 15 is 0 Å². The van der Waals surface area contributed by atoms with Crippen LogP contribution in [0.15, 0.2) is 34.8 Å². The number of likely N-dealkylation sites (tertiary alicyclic amines) is 2. The first kappa shape index (κ1) is 16.3. The molecular weight excluding hydrogens is 314 g/mol. The molecule has 0 bridgehead atoms. The second kappa shape index (κ2) is 7.40. The molecule has 5 heteroatoms. The van der Waals surface area contributed by atoms with E-state index in [0.717, 1.165) is 37.0 Å². The molecule has 4 rings (SSSR count). The van der Waals surface area contributed by atoms with Crippen LogP contribution in [0.2, 0.25) is 0 Å². The zero-order chi connectivity index (χ0) is 17.1. The average Bonchev–Trinajstić information content (AvgIpc) is 3.10. The van der Waals surface area contributed by atoms with Crippen molar-refractivity contribution in [3.05, 3.63) is 36.2 Å². The highest BCUT2D eigenvalue weighted by Gasteiger charge is 2.26. The fourth-order valence-electron chi connectivity index (χ4n) is 3.94. The molecule has 2 fully saturated rings. The summed E-state index contributed by atoms with van der Waals surface area (Å²) >= 11 is 0. The van der Waals surface area contributed by atoms with E-state index in [-0.39, 0.29) is 5.91 Å². The lowest BCUT2D eigenvalue weighted by molar-refractivity contribution is -0.127. The molecule has 0 saturated carbocycles. The lowest BCUT2D eigenvalue weighted by Crippen LogP contribution is -2.47. The third-order valence-electron chi connectivity index (χ3n) is 5.36. The normalized spacial score (nSPS) is 20.6. The van der Waals surface area contributed by atoms with Gasteiger partial charge in [0.1, 0.15) is 5.52 Å². The smallest absolute Gasteiger partial charge is 0.246 e. The first-order chi connectivity index (χ1) is 12.3. The molecule has 2 aliphatic heterocycles. The minimum absolute atomic E-state index is 0.0550. The van der Waals surface area contributed by atoms with Crippen LogP contribution >= 0.6 is 0 Å². The van der Waals surface area contributed by atoms with Gasteiger partial charge in [-0.15, -0.1) is 0 Å². The molecule has 5 nitrogen and oxygen atoms in total. The molecule has 132 valence electrons. The maximum Gasteiger partial charge on any atom is 0.246 e. The number of oxazole rings is 1. The number of aromatic nitrogens is 1. The maximum atomic E-state index is 12.4. The van der Waals surface area contributed by atoms with Gasteiger partial charge in [-0.2, -0.15) is 0 Å². The largest absolute Gasteiger partial charge is 0.437 e. The summed E-state index contributed by atoms with van der Waals surface area (Å²) in [5.74, 6) is 0.539. The summed E-state index contributed by atoms with van der Waals surface area (Å²) in [6.45, 7) is 4.16. The predicted octanol–water partition coefficient (Wildman–Crippen LogP) is 3.32. The molecule has 0 aliphatic carbocycles. The Morgan fingerprint density at radius 3 is 2.60 bits per heavy atom. The van der Waals surface area contributed by atoms with Crippen LogP contribution in [0.3, 0.4) is 0 Å². The van der Waals surface area contributed by atoms with Crippen molar-refractivity contribution in [3.63, 3.8) is 0 Å². The van der Waals surface area contributed by atoms with Crippen LogP contribution in [-0.4, -0.2) is 52.9 Å². The van der Waals surface area contributed by atoms with Crippen molar-refractivity contribution in [3.8, 4) is 0 Å². The summed E-state index contributed by atoms with van der Waals surface area (Å²) in [5, 5.41) is 0. The van der Waals surface area contributed by atoms with Crippen LogP contribution in [-0.2, 0) is 4.79 Å². The predicted molar refractivity (Wildman–Crippen MR) is 98.1 cm³/mol. The van der Waals surface area contributed by atoms with Crippen LogP contribution in [0.5, 0.6) is 0 Å². The fraction of sp³-hybridized carbons (Fsp3) is 0.500. The van der Waals surface area contributed by atoms with Crippen LogP contribution in [0.25, 0.3) is 17.2 Å². The fourth-order valence-corrected chi connectivity index (χ4v) is 3.94. The Labute approximate surface area is 148 Å². The lowest BCUT2D eigenvalue weighted by atomic mass is 10.00. The molecule has 2 aliphatic rings. The standard InChI is InChI=1S/C20H25N3O2/c24-20(9-8-19-21-17-6-2-3-7-18(17)25-19)23-14-10-16(11-15-23)22-12-4-1-5-13-22/h2-3,6-9,16H,1,4-5,10-15H2/b9-8+. The number of nitrogens with zero attached hydrogens (tertiary/aromatic N) is 3. The van der Waals surface area contributed by atoms with Gasteiger partial charge in [0, 0.05) is 31.3 Å². The van der Waals surface area contributed by atoms with Gasteiger partial charge < -0.3 is 14.2 Å². The molecule has 0 radical (unpaired) electrons. The lowest BCUT2D eigenvalue weighted by Gasteiger charge is -2.40. The van der Waals surface area contributed by atoms with Gasteiger partial charge in [-0.25, -0.2) is 4.98 Å². The molecule has 1 aromatic heterocycles. The number of piperidine rings is 2. The van der Waals surface area contributed by atoms with Crippen molar-refractivity contribution >= 4 is 23.1 Å². The van der Waals surface area contributed by atoms with Crippen LogP contribution < -0.4 is 0 Å². The summed E-state index contributed by atoms with van der Waals surface area (Å²) in [5.41, 5.74) is 1.56. The summed E-state index contributed by atoms with van der Waals surface area (Å²) in [6, 6.07) is 8.29. The molecule has 25 heavy (non-hydrogen) atoms. The minimum Gasteiger partial charge on any atom is -0.437 e. The van der Waals surface area contributed by atoms with E-state index in [9.17, 15) is 4.79 Å². The van der Waals surface area contributed by atoms with Gasteiger partial charge in [-0.1, -0.05) is 18.6 Å². The van der Waals surface area contributed by atoms with Gasteiger partial charge in [-0.05, 0) is 50.9 Å². The topological polar surface area (TPSA) is 49.6 Å². The Kier molecular flexibility index (Phi) is 4.83. The Balaban J connectivity index is 1.32. The van der Waals surface area contributed by atoms with E-state index in [1.807, 2.05) is 29.2 Å². The Morgan fingerprint density at radius 2 is 1.84 bits per heavy atom. The van der Waals surface area contributed by atoms with Crippen molar-refractivity contribution in [2.24, 2.45) is 0 Å². The molecule has 1 aromatic carbocycles. The number of rotatable bonds is 3. The molecular formula is C20H25N3O2. The first-order valence-corrected chi connectivity index (χ1v) is 9.36. The number of fused-ring (bicyclic) bond motifs is 1. The minimum atomic E-state index is 0.0550. The van der Waals surface area contributed by atoms with Crippen molar-refractivity contribution in [1.82, 2.24) is 14.8 Å². The quantitative estimate of drug-likeness (QED) is 0.805. The van der Waals surface area contributed by atoms with Gasteiger partial charge in [0.15, 0.2) is 5.58 Å². The number of benzene rings is 1. The summed E-state index contributed by atoms with van der Waals surface area (Å²) < 4.78 is 5.63. The van der Waals surface area contributed by atoms with Gasteiger partial charge in [-0.3, -0.25) is 4.79 Å². The number of carbonyl (C=O) groups excluding carboxylic acids is 1. The number of hydrogen-bond donors (Lipinski definition) is 0. The van der Waals surface area contributed by atoms with Gasteiger partial charge in [0.25, 0.3) is 0 Å². The van der Waals surface area contributed by atoms with E-state index in [0.29, 0.717) is 11.9 Å². The van der Waals surface area contributed by atoms with Gasteiger partial charge in [0.05, 0.1) is 0 Å². The van der Waals surface area contributed by atoms with E-state index in [4.69, 9.17) is 4.42 Å². The van der Waals surface area contributed by atoms with Gasteiger partial charge >= 0.3 is 0 Å². The molecule has 2 saturated heterocycles. The second-order valence-corrected chi connectivity index (χ2v) is 7.01. The highest BCUT2D eigenvalue weighted by Crippen LogP contribution is 2.21. The van der Waals surface area contributed by atoms with Crippen molar-refractivity contribution in [2.75, 3.05) is 26.2 Å². The average molecular weight is 339 g/mol. The molecule has 2 aromatic rings. The number of hydrogen-bond acceptors (Lipinski definition) is 4. The van der Waals surface area contributed by atoms with E-state index in [2.05, 4.69) is 9.88 Å². The number of carbonyl (C=O) groups is 1. The van der Waals surface area contributed by atoms with E-state index in [1.165, 1.54) is 32.4 Å². The maximum absolute atomic E-state index is 12.4. The highest BCUT2D eigenvalue weighted by atomic mass is 16.3. The number of para-hydroxylation sites is 2. The zero-order valence-corrected chi connectivity index (χ0v) is 14.6. The summed E-state index contributed by atoms with van der Waals surface area (Å²) in [4.78, 5) is 21.4.